The molecule has 1 saturated heterocycles. The summed E-state index contributed by atoms with van der Waals surface area (Å²) in [6.07, 6.45) is 7.76. The Morgan fingerprint density at radius 3 is 2.59 bits per heavy atom. The van der Waals surface area contributed by atoms with Crippen LogP contribution in [0.1, 0.15) is 19.3 Å². The van der Waals surface area contributed by atoms with Gasteiger partial charge in [0.05, 0.1) is 6.20 Å². The summed E-state index contributed by atoms with van der Waals surface area (Å²) in [4.78, 5) is 7.25. The van der Waals surface area contributed by atoms with Crippen LogP contribution in [0.15, 0.2) is 59.6 Å². The van der Waals surface area contributed by atoms with Crippen LogP contribution in [0, 0.1) is 0 Å². The van der Waals surface area contributed by atoms with Gasteiger partial charge >= 0.3 is 0 Å². The third-order valence-corrected chi connectivity index (χ3v) is 5.75. The predicted octanol–water partition coefficient (Wildman–Crippen LogP) is 5.19. The molecule has 0 saturated carbocycles. The van der Waals surface area contributed by atoms with Crippen molar-refractivity contribution >= 4 is 34.2 Å². The Morgan fingerprint density at radius 1 is 0.963 bits per heavy atom. The number of piperidine rings is 1. The molecule has 1 fully saturated rings. The number of hydrogen-bond acceptors (Lipinski definition) is 5. The van der Waals surface area contributed by atoms with Crippen molar-refractivity contribution in [1.29, 1.82) is 0 Å². The zero-order chi connectivity index (χ0) is 18.1. The number of hydrogen-bond donors (Lipinski definition) is 1. The lowest BCUT2D eigenvalue weighted by molar-refractivity contribution is 0.578. The first-order valence-electron chi connectivity index (χ1n) is 9.36. The van der Waals surface area contributed by atoms with Crippen LogP contribution in [0.25, 0.3) is 16.8 Å². The average Bonchev–Trinajstić information content (AvgIpc) is 3.38. The van der Waals surface area contributed by atoms with Gasteiger partial charge in [0.15, 0.2) is 5.65 Å². The molecule has 0 unspecified atom stereocenters. The van der Waals surface area contributed by atoms with E-state index in [1.54, 1.807) is 11.3 Å². The molecule has 0 aliphatic carbocycles. The van der Waals surface area contributed by atoms with Crippen molar-refractivity contribution in [2.75, 3.05) is 23.3 Å². The average molecular weight is 376 g/mol. The summed E-state index contributed by atoms with van der Waals surface area (Å²) in [5.41, 5.74) is 5.43. The zero-order valence-corrected chi connectivity index (χ0v) is 15.8. The molecule has 27 heavy (non-hydrogen) atoms. The normalized spacial score (nSPS) is 14.6. The first-order chi connectivity index (χ1) is 13.4. The second-order valence-electron chi connectivity index (χ2n) is 6.87. The molecule has 0 amide bonds. The second-order valence-corrected chi connectivity index (χ2v) is 7.65. The van der Waals surface area contributed by atoms with E-state index in [1.807, 2.05) is 23.0 Å². The Hall–Kier alpha value is -2.86. The van der Waals surface area contributed by atoms with Crippen LogP contribution in [0.2, 0.25) is 0 Å². The highest BCUT2D eigenvalue weighted by Gasteiger charge is 2.11. The molecule has 0 bridgehead atoms. The van der Waals surface area contributed by atoms with Gasteiger partial charge in [0.2, 0.25) is 0 Å². The van der Waals surface area contributed by atoms with Crippen LogP contribution >= 0.6 is 11.3 Å². The number of anilines is 3. The molecular weight excluding hydrogens is 354 g/mol. The number of benzene rings is 1. The summed E-state index contributed by atoms with van der Waals surface area (Å²) in [7, 11) is 0. The van der Waals surface area contributed by atoms with E-state index in [9.17, 15) is 0 Å². The monoisotopic (exact) mass is 375 g/mol. The van der Waals surface area contributed by atoms with Gasteiger partial charge in [0, 0.05) is 36.2 Å². The topological polar surface area (TPSA) is 45.5 Å². The van der Waals surface area contributed by atoms with E-state index in [0.717, 1.165) is 41.4 Å². The second kappa shape index (κ2) is 7.04. The fourth-order valence-electron chi connectivity index (χ4n) is 3.62. The SMILES string of the molecule is c1cc(-c2cnn3ccc(Nc4ccc(N5CCCCC5)cc4)nc23)cs1. The van der Waals surface area contributed by atoms with Crippen LogP contribution in [0.5, 0.6) is 0 Å². The fourth-order valence-corrected chi connectivity index (χ4v) is 4.27. The molecule has 3 aromatic heterocycles. The van der Waals surface area contributed by atoms with E-state index in [0.29, 0.717) is 0 Å². The third-order valence-electron chi connectivity index (χ3n) is 5.06. The van der Waals surface area contributed by atoms with Crippen molar-refractivity contribution in [3.8, 4) is 11.1 Å². The molecule has 0 radical (unpaired) electrons. The summed E-state index contributed by atoms with van der Waals surface area (Å²) in [6.45, 7) is 2.33. The summed E-state index contributed by atoms with van der Waals surface area (Å²) in [5.74, 6) is 0.824. The lowest BCUT2D eigenvalue weighted by Crippen LogP contribution is -2.29. The quantitative estimate of drug-likeness (QED) is 0.533. The molecule has 6 heteroatoms. The molecule has 4 aromatic rings. The molecule has 1 aromatic carbocycles. The largest absolute Gasteiger partial charge is 0.372 e. The highest BCUT2D eigenvalue weighted by atomic mass is 32.1. The number of thiophene rings is 1. The van der Waals surface area contributed by atoms with Crippen LogP contribution in [0.4, 0.5) is 17.2 Å². The van der Waals surface area contributed by atoms with Gasteiger partial charge in [-0.05, 0) is 72.0 Å². The standard InChI is InChI=1S/C21H21N5S/c1-2-10-25(11-3-1)18-6-4-17(5-7-18)23-20-8-12-26-21(24-20)19(14-22-26)16-9-13-27-15-16/h4-9,12-15H,1-3,10-11H2,(H,23,24). The van der Waals surface area contributed by atoms with E-state index >= 15 is 0 Å². The molecule has 136 valence electrons. The van der Waals surface area contributed by atoms with Gasteiger partial charge in [0.25, 0.3) is 0 Å². The van der Waals surface area contributed by atoms with E-state index in [-0.39, 0.29) is 0 Å². The zero-order valence-electron chi connectivity index (χ0n) is 15.0. The first kappa shape index (κ1) is 16.3. The van der Waals surface area contributed by atoms with Crippen molar-refractivity contribution in [3.05, 3.63) is 59.6 Å². The van der Waals surface area contributed by atoms with Crippen LogP contribution in [-0.4, -0.2) is 27.7 Å². The molecule has 5 nitrogen and oxygen atoms in total. The minimum atomic E-state index is 0.824. The lowest BCUT2D eigenvalue weighted by atomic mass is 10.1. The van der Waals surface area contributed by atoms with Crippen LogP contribution in [0.3, 0.4) is 0 Å². The minimum absolute atomic E-state index is 0.824. The van der Waals surface area contributed by atoms with E-state index < -0.39 is 0 Å². The van der Waals surface area contributed by atoms with Gasteiger partial charge in [-0.3, -0.25) is 0 Å². The summed E-state index contributed by atoms with van der Waals surface area (Å²) >= 11 is 1.68. The third kappa shape index (κ3) is 3.28. The van der Waals surface area contributed by atoms with Crippen molar-refractivity contribution in [2.24, 2.45) is 0 Å². The molecule has 1 aliphatic rings. The molecule has 0 spiro atoms. The van der Waals surface area contributed by atoms with Gasteiger partial charge in [-0.2, -0.15) is 16.4 Å². The maximum absolute atomic E-state index is 4.78. The predicted molar refractivity (Wildman–Crippen MR) is 112 cm³/mol. The lowest BCUT2D eigenvalue weighted by Gasteiger charge is -2.28. The Morgan fingerprint density at radius 2 is 1.81 bits per heavy atom. The van der Waals surface area contributed by atoms with Crippen molar-refractivity contribution in [1.82, 2.24) is 14.6 Å². The van der Waals surface area contributed by atoms with Crippen molar-refractivity contribution in [2.45, 2.75) is 19.3 Å². The van der Waals surface area contributed by atoms with Gasteiger partial charge < -0.3 is 10.2 Å². The van der Waals surface area contributed by atoms with Crippen molar-refractivity contribution in [3.63, 3.8) is 0 Å². The first-order valence-corrected chi connectivity index (χ1v) is 10.3. The number of fused-ring (bicyclic) bond motifs is 1. The molecule has 1 aliphatic heterocycles. The Labute approximate surface area is 162 Å². The Kier molecular flexibility index (Phi) is 4.26. The number of aromatic nitrogens is 3. The smallest absolute Gasteiger partial charge is 0.165 e. The molecule has 0 atom stereocenters. The van der Waals surface area contributed by atoms with E-state index in [2.05, 4.69) is 56.4 Å². The molecule has 4 heterocycles. The van der Waals surface area contributed by atoms with Crippen LogP contribution in [-0.2, 0) is 0 Å². The van der Waals surface area contributed by atoms with Gasteiger partial charge in [-0.15, -0.1) is 0 Å². The van der Waals surface area contributed by atoms with Gasteiger partial charge in [-0.25, -0.2) is 9.50 Å². The van der Waals surface area contributed by atoms with Gasteiger partial charge in [0.1, 0.15) is 5.82 Å². The van der Waals surface area contributed by atoms with E-state index in [1.165, 1.54) is 24.9 Å². The maximum Gasteiger partial charge on any atom is 0.165 e. The minimum Gasteiger partial charge on any atom is -0.372 e. The summed E-state index contributed by atoms with van der Waals surface area (Å²) in [5, 5.41) is 12.0. The molecule has 5 rings (SSSR count). The number of rotatable bonds is 4. The maximum atomic E-state index is 4.78. The molecule has 1 N–H and O–H groups in total. The summed E-state index contributed by atoms with van der Waals surface area (Å²) in [6, 6.07) is 12.7. The Balaban J connectivity index is 1.38. The highest BCUT2D eigenvalue weighted by Crippen LogP contribution is 2.27. The highest BCUT2D eigenvalue weighted by molar-refractivity contribution is 7.08. The van der Waals surface area contributed by atoms with Gasteiger partial charge in [-0.1, -0.05) is 0 Å². The van der Waals surface area contributed by atoms with Crippen molar-refractivity contribution < 1.29 is 0 Å². The van der Waals surface area contributed by atoms with E-state index in [4.69, 9.17) is 4.98 Å². The summed E-state index contributed by atoms with van der Waals surface area (Å²) < 4.78 is 1.82. The number of nitrogens with zero attached hydrogens (tertiary/aromatic N) is 4. The fraction of sp³-hybridized carbons (Fsp3) is 0.238. The number of nitrogens with one attached hydrogen (secondary N) is 1. The Bertz CT molecular complexity index is 1030. The van der Waals surface area contributed by atoms with Crippen LogP contribution < -0.4 is 10.2 Å². The molecular formula is C21H21N5S.